The Balaban J connectivity index is 0. The van der Waals surface area contributed by atoms with Gasteiger partial charge >= 0.3 is 0 Å². The van der Waals surface area contributed by atoms with E-state index in [1.54, 1.807) is 7.11 Å². The lowest BCUT2D eigenvalue weighted by Crippen LogP contribution is -1.85. The molecule has 60 valence electrons. The number of carbonyl (C=O) groups is 1. The first kappa shape index (κ1) is 13.2. The zero-order chi connectivity index (χ0) is 8.57. The second-order valence-corrected chi connectivity index (χ2v) is 3.51. The van der Waals surface area contributed by atoms with Crippen LogP contribution in [-0.2, 0) is 4.74 Å². The molecule has 0 atom stereocenters. The number of ether oxygens (including phenoxy) is 1. The summed E-state index contributed by atoms with van der Waals surface area (Å²) in [6.07, 6.45) is 1.88. The molecule has 0 aliphatic carbocycles. The predicted octanol–water partition coefficient (Wildman–Crippen LogP) is 2.25. The molecular weight excluding hydrogens is 208 g/mol. The van der Waals surface area contributed by atoms with E-state index in [1.165, 1.54) is 11.8 Å². The van der Waals surface area contributed by atoms with E-state index in [2.05, 4.69) is 42.2 Å². The van der Waals surface area contributed by atoms with Crippen molar-refractivity contribution in [3.8, 4) is 0 Å². The van der Waals surface area contributed by atoms with Crippen LogP contribution in [0, 0.1) is 0 Å². The Kier molecular flexibility index (Phi) is 12.7. The summed E-state index contributed by atoms with van der Waals surface area (Å²) >= 11 is 12.4. The summed E-state index contributed by atoms with van der Waals surface area (Å²) in [6, 6.07) is 0. The number of hydrogen-bond donors (Lipinski definition) is 2. The van der Waals surface area contributed by atoms with Gasteiger partial charge in [-0.15, -0.1) is 0 Å². The van der Waals surface area contributed by atoms with Crippen molar-refractivity contribution in [2.24, 2.45) is 0 Å². The largest absolute Gasteiger partial charge is 0.482 e. The van der Waals surface area contributed by atoms with Gasteiger partial charge in [0.05, 0.1) is 7.11 Å². The normalized spacial score (nSPS) is 7.20. The first-order valence-electron chi connectivity index (χ1n) is 2.08. The summed E-state index contributed by atoms with van der Waals surface area (Å²) in [6.45, 7) is 0. The second kappa shape index (κ2) is 9.61. The third-order valence-corrected chi connectivity index (χ3v) is 1.50. The third-order valence-electron chi connectivity index (χ3n) is 0.333. The Labute approximate surface area is 80.9 Å². The van der Waals surface area contributed by atoms with Crippen molar-refractivity contribution < 1.29 is 9.53 Å². The van der Waals surface area contributed by atoms with Gasteiger partial charge in [0.2, 0.25) is 8.83 Å². The van der Waals surface area contributed by atoms with E-state index >= 15 is 0 Å². The molecule has 0 radical (unpaired) electrons. The molecule has 0 fully saturated rings. The van der Waals surface area contributed by atoms with Gasteiger partial charge in [0.15, 0.2) is 0 Å². The summed E-state index contributed by atoms with van der Waals surface area (Å²) in [5.41, 5.74) is 0. The van der Waals surface area contributed by atoms with Crippen molar-refractivity contribution in [1.29, 1.82) is 0 Å². The van der Waals surface area contributed by atoms with Crippen molar-refractivity contribution in [3.05, 3.63) is 0 Å². The first-order valence-corrected chi connectivity index (χ1v) is 4.61. The number of rotatable bonds is 0. The minimum Gasteiger partial charge on any atom is -0.482 e. The topological polar surface area (TPSA) is 26.3 Å². The van der Waals surface area contributed by atoms with Gasteiger partial charge in [0.1, 0.15) is 0 Å². The summed E-state index contributed by atoms with van der Waals surface area (Å²) < 4.78 is 4.74. The molecule has 0 heterocycles. The third kappa shape index (κ3) is 23.5. The molecule has 6 heteroatoms. The predicted molar refractivity (Wildman–Crippen MR) is 56.5 cm³/mol. The Morgan fingerprint density at radius 1 is 1.60 bits per heavy atom. The number of thioether (sulfide) groups is 1. The van der Waals surface area contributed by atoms with Gasteiger partial charge < -0.3 is 4.74 Å². The highest BCUT2D eigenvalue weighted by atomic mass is 32.2. The van der Waals surface area contributed by atoms with Crippen LogP contribution in [0.15, 0.2) is 0 Å². The molecule has 0 N–H and O–H groups in total. The molecular formula is C4H8O2S4. The van der Waals surface area contributed by atoms with Crippen LogP contribution in [0.3, 0.4) is 0 Å². The number of thiocarbonyl (C=S) groups is 1. The Morgan fingerprint density at radius 2 is 1.90 bits per heavy atom. The van der Waals surface area contributed by atoms with E-state index in [0.717, 1.165) is 0 Å². The maximum atomic E-state index is 9.17. The van der Waals surface area contributed by atoms with Crippen molar-refractivity contribution in [1.82, 2.24) is 0 Å². The van der Waals surface area contributed by atoms with Gasteiger partial charge in [0, 0.05) is 0 Å². The highest BCUT2D eigenvalue weighted by Crippen LogP contribution is 1.95. The van der Waals surface area contributed by atoms with Gasteiger partial charge in [-0.05, 0) is 18.5 Å². The molecule has 0 saturated carbocycles. The van der Waals surface area contributed by atoms with E-state index < -0.39 is 4.45 Å². The Morgan fingerprint density at radius 3 is 1.90 bits per heavy atom. The summed E-state index contributed by atoms with van der Waals surface area (Å²) in [4.78, 5) is 9.17. The highest BCUT2D eigenvalue weighted by Gasteiger charge is 1.82. The van der Waals surface area contributed by atoms with E-state index in [1.807, 2.05) is 6.26 Å². The van der Waals surface area contributed by atoms with E-state index in [4.69, 9.17) is 0 Å². The first-order chi connectivity index (χ1) is 4.54. The van der Waals surface area contributed by atoms with Crippen LogP contribution in [0.25, 0.3) is 0 Å². The van der Waals surface area contributed by atoms with Crippen LogP contribution < -0.4 is 0 Å². The van der Waals surface area contributed by atoms with Gasteiger partial charge in [0.25, 0.3) is 0 Å². The number of carbonyl (C=O) groups excluding carboxylic acids is 1. The van der Waals surface area contributed by atoms with Gasteiger partial charge in [-0.1, -0.05) is 37.0 Å². The molecule has 0 aliphatic rings. The average molecular weight is 216 g/mol. The van der Waals surface area contributed by atoms with Gasteiger partial charge in [-0.2, -0.15) is 0 Å². The molecule has 2 nitrogen and oxygen atoms in total. The lowest BCUT2D eigenvalue weighted by atomic mass is 11.5. The van der Waals surface area contributed by atoms with Gasteiger partial charge in [-0.25, -0.2) is 0 Å². The van der Waals surface area contributed by atoms with Crippen molar-refractivity contribution >= 4 is 58.1 Å². The van der Waals surface area contributed by atoms with Crippen molar-refractivity contribution in [3.63, 3.8) is 0 Å². The summed E-state index contributed by atoms with van der Waals surface area (Å²) in [5.74, 6) is 0. The fourth-order valence-corrected chi connectivity index (χ4v) is 0.250. The number of thiol groups is 2. The maximum absolute atomic E-state index is 9.17. The molecule has 0 spiro atoms. The van der Waals surface area contributed by atoms with Crippen LogP contribution in [0.4, 0.5) is 4.79 Å². The molecule has 0 bridgehead atoms. The smallest absolute Gasteiger partial charge is 0.239 e. The number of hydrogen-bond acceptors (Lipinski definition) is 4. The Hall–Kier alpha value is 0.610. The van der Waals surface area contributed by atoms with E-state index in [-0.39, 0.29) is 0 Å². The lowest BCUT2D eigenvalue weighted by Gasteiger charge is -1.90. The summed E-state index contributed by atoms with van der Waals surface area (Å²) in [7, 11) is 1.57. The van der Waals surface area contributed by atoms with Gasteiger partial charge in [-0.3, -0.25) is 4.79 Å². The van der Waals surface area contributed by atoms with Crippen LogP contribution in [0.5, 0.6) is 0 Å². The molecule has 0 rings (SSSR count). The van der Waals surface area contributed by atoms with Crippen molar-refractivity contribution in [2.45, 2.75) is 0 Å². The van der Waals surface area contributed by atoms with Crippen LogP contribution in [0.2, 0.25) is 0 Å². The zero-order valence-corrected chi connectivity index (χ0v) is 8.95. The quantitative estimate of drug-likeness (QED) is 0.479. The van der Waals surface area contributed by atoms with Crippen LogP contribution >= 0.6 is 49.2 Å². The Bertz CT molecular complexity index is 104. The van der Waals surface area contributed by atoms with Crippen LogP contribution in [0.1, 0.15) is 0 Å². The standard InChI is InChI=1S/C3H6OS2.CH2OS2/c1-4-3(5)6-2;2-1(3)4/h1-2H3;(H2,2,3,4). The monoisotopic (exact) mass is 216 g/mol. The molecule has 10 heavy (non-hydrogen) atoms. The number of methoxy groups -OCH3 is 1. The molecule has 0 aromatic carbocycles. The molecule has 0 aliphatic heterocycles. The average Bonchev–Trinajstić information content (AvgIpc) is 1.85. The molecule has 0 amide bonds. The van der Waals surface area contributed by atoms with E-state index in [9.17, 15) is 4.79 Å². The molecule has 0 unspecified atom stereocenters. The minimum atomic E-state index is -0.444. The van der Waals surface area contributed by atoms with Crippen molar-refractivity contribution in [2.75, 3.05) is 13.4 Å². The fourth-order valence-electron chi connectivity index (χ4n) is 0.0833. The SMILES string of the molecule is COC(=S)SC.O=C(S)S. The second-order valence-electron chi connectivity index (χ2n) is 0.941. The minimum absolute atomic E-state index is 0.444. The molecule has 0 aromatic heterocycles. The fraction of sp³-hybridized carbons (Fsp3) is 0.500. The highest BCUT2D eigenvalue weighted by molar-refractivity contribution is 8.23. The lowest BCUT2D eigenvalue weighted by molar-refractivity contribution is 0.277. The zero-order valence-electron chi connectivity index (χ0n) is 5.53. The van der Waals surface area contributed by atoms with E-state index in [0.29, 0.717) is 4.38 Å². The van der Waals surface area contributed by atoms with Crippen LogP contribution in [-0.4, -0.2) is 22.2 Å². The summed E-state index contributed by atoms with van der Waals surface area (Å²) in [5, 5.41) is 0. The maximum Gasteiger partial charge on any atom is 0.239 e. The molecule has 0 aromatic rings. The molecule has 0 saturated heterocycles.